The highest BCUT2D eigenvalue weighted by atomic mass is 32.2. The smallest absolute Gasteiger partial charge is 0.155 e. The maximum Gasteiger partial charge on any atom is 0.155 e. The van der Waals surface area contributed by atoms with Gasteiger partial charge < -0.3 is 5.11 Å². The molecule has 1 aliphatic carbocycles. The van der Waals surface area contributed by atoms with E-state index in [1.165, 1.54) is 19.1 Å². The molecule has 1 unspecified atom stereocenters. The molecule has 1 atom stereocenters. The van der Waals surface area contributed by atoms with Crippen LogP contribution in [0.25, 0.3) is 0 Å². The summed E-state index contributed by atoms with van der Waals surface area (Å²) in [6.07, 6.45) is 8.70. The van der Waals surface area contributed by atoms with Crippen LogP contribution in [0.15, 0.2) is 11.6 Å². The molecule has 0 amide bonds. The van der Waals surface area contributed by atoms with Crippen LogP contribution in [0.1, 0.15) is 52.4 Å². The van der Waals surface area contributed by atoms with Crippen LogP contribution in [0, 0.1) is 0 Å². The second-order valence-electron chi connectivity index (χ2n) is 5.51. The van der Waals surface area contributed by atoms with E-state index in [4.69, 9.17) is 0 Å². The van der Waals surface area contributed by atoms with Crippen molar-refractivity contribution in [1.82, 2.24) is 0 Å². The van der Waals surface area contributed by atoms with Crippen molar-refractivity contribution >= 4 is 9.84 Å². The standard InChI is InChI=1S/C13H24O3S/c1-13(2,17(3,15)16)12(14)11-9-7-5-4-6-8-10-11/h9,12,14H,4-8,10H2,1-3H3. The number of aliphatic hydroxyl groups excluding tert-OH is 1. The Labute approximate surface area is 105 Å². The number of sulfone groups is 1. The van der Waals surface area contributed by atoms with E-state index in [0.717, 1.165) is 31.3 Å². The Bertz CT molecular complexity index is 379. The van der Waals surface area contributed by atoms with E-state index in [1.54, 1.807) is 13.8 Å². The normalized spacial score (nSPS) is 21.3. The molecule has 0 spiro atoms. The predicted octanol–water partition coefficient (Wildman–Crippen LogP) is 2.45. The molecule has 0 fully saturated rings. The van der Waals surface area contributed by atoms with Crippen molar-refractivity contribution in [3.05, 3.63) is 11.6 Å². The number of allylic oxidation sites excluding steroid dienone is 1. The van der Waals surface area contributed by atoms with Gasteiger partial charge in [-0.25, -0.2) is 8.42 Å². The minimum absolute atomic E-state index is 0.820. The molecule has 0 aromatic carbocycles. The lowest BCUT2D eigenvalue weighted by atomic mass is 9.91. The minimum Gasteiger partial charge on any atom is -0.387 e. The molecule has 1 aliphatic rings. The minimum atomic E-state index is -3.26. The average molecular weight is 260 g/mol. The summed E-state index contributed by atoms with van der Waals surface area (Å²) >= 11 is 0. The molecule has 0 radical (unpaired) electrons. The second kappa shape index (κ2) is 5.53. The predicted molar refractivity (Wildman–Crippen MR) is 70.7 cm³/mol. The summed E-state index contributed by atoms with van der Waals surface area (Å²) in [5, 5.41) is 10.3. The zero-order valence-corrected chi connectivity index (χ0v) is 11.9. The molecule has 3 nitrogen and oxygen atoms in total. The van der Waals surface area contributed by atoms with Crippen molar-refractivity contribution in [2.24, 2.45) is 0 Å². The van der Waals surface area contributed by atoms with Gasteiger partial charge in [-0.2, -0.15) is 0 Å². The highest BCUT2D eigenvalue weighted by Crippen LogP contribution is 2.29. The van der Waals surface area contributed by atoms with Gasteiger partial charge in [-0.15, -0.1) is 0 Å². The maximum atomic E-state index is 11.7. The van der Waals surface area contributed by atoms with Crippen molar-refractivity contribution in [1.29, 1.82) is 0 Å². The van der Waals surface area contributed by atoms with E-state index in [-0.39, 0.29) is 0 Å². The van der Waals surface area contributed by atoms with Crippen LogP contribution >= 0.6 is 0 Å². The van der Waals surface area contributed by atoms with Crippen molar-refractivity contribution in [2.75, 3.05) is 6.26 Å². The summed E-state index contributed by atoms with van der Waals surface area (Å²) in [5.74, 6) is 0. The molecule has 17 heavy (non-hydrogen) atoms. The summed E-state index contributed by atoms with van der Waals surface area (Å²) in [5.41, 5.74) is 0.903. The number of hydrogen-bond donors (Lipinski definition) is 1. The molecule has 0 aromatic heterocycles. The summed E-state index contributed by atoms with van der Waals surface area (Å²) in [4.78, 5) is 0. The van der Waals surface area contributed by atoms with E-state index in [9.17, 15) is 13.5 Å². The zero-order chi connectivity index (χ0) is 13.1. The van der Waals surface area contributed by atoms with Crippen molar-refractivity contribution in [3.8, 4) is 0 Å². The molecule has 100 valence electrons. The van der Waals surface area contributed by atoms with Gasteiger partial charge in [0.05, 0.1) is 10.9 Å². The van der Waals surface area contributed by atoms with Crippen LogP contribution in [0.3, 0.4) is 0 Å². The molecule has 0 aliphatic heterocycles. The van der Waals surface area contributed by atoms with Gasteiger partial charge in [0.2, 0.25) is 0 Å². The summed E-state index contributed by atoms with van der Waals surface area (Å²) in [6.45, 7) is 3.21. The molecular weight excluding hydrogens is 236 g/mol. The molecule has 0 saturated carbocycles. The van der Waals surface area contributed by atoms with E-state index in [1.807, 2.05) is 6.08 Å². The zero-order valence-electron chi connectivity index (χ0n) is 11.1. The van der Waals surface area contributed by atoms with E-state index < -0.39 is 20.7 Å². The molecule has 1 rings (SSSR count). The van der Waals surface area contributed by atoms with Gasteiger partial charge in [0, 0.05) is 6.26 Å². The third kappa shape index (κ3) is 3.55. The fourth-order valence-corrected chi connectivity index (χ4v) is 2.67. The number of rotatable bonds is 3. The van der Waals surface area contributed by atoms with Gasteiger partial charge in [0.25, 0.3) is 0 Å². The van der Waals surface area contributed by atoms with Gasteiger partial charge in [-0.05, 0) is 45.1 Å². The Morgan fingerprint density at radius 2 is 1.82 bits per heavy atom. The van der Waals surface area contributed by atoms with Crippen LogP contribution in [0.4, 0.5) is 0 Å². The summed E-state index contributed by atoms with van der Waals surface area (Å²) < 4.78 is 22.3. The van der Waals surface area contributed by atoms with Crippen LogP contribution in [-0.2, 0) is 9.84 Å². The lowest BCUT2D eigenvalue weighted by Gasteiger charge is -2.31. The number of aliphatic hydroxyl groups is 1. The molecule has 1 N–H and O–H groups in total. The van der Waals surface area contributed by atoms with Crippen molar-refractivity contribution in [3.63, 3.8) is 0 Å². The van der Waals surface area contributed by atoms with Gasteiger partial charge in [0.15, 0.2) is 9.84 Å². The lowest BCUT2D eigenvalue weighted by molar-refractivity contribution is 0.167. The van der Waals surface area contributed by atoms with Crippen molar-refractivity contribution in [2.45, 2.75) is 63.2 Å². The second-order valence-corrected chi connectivity index (χ2v) is 8.11. The Hall–Kier alpha value is -0.350. The molecule has 0 saturated heterocycles. The van der Waals surface area contributed by atoms with Gasteiger partial charge in [-0.3, -0.25) is 0 Å². The fraction of sp³-hybridized carbons (Fsp3) is 0.846. The third-order valence-electron chi connectivity index (χ3n) is 3.79. The first-order valence-electron chi connectivity index (χ1n) is 6.33. The largest absolute Gasteiger partial charge is 0.387 e. The van der Waals surface area contributed by atoms with E-state index in [2.05, 4.69) is 0 Å². The molecule has 0 aromatic rings. The van der Waals surface area contributed by atoms with Crippen molar-refractivity contribution < 1.29 is 13.5 Å². The molecule has 4 heteroatoms. The quantitative estimate of drug-likeness (QED) is 0.793. The Balaban J connectivity index is 2.91. The SMILES string of the molecule is CC(C)(C(O)C1=CCCCCCC1)S(C)(=O)=O. The first-order chi connectivity index (χ1) is 7.77. The molecular formula is C13H24O3S. The monoisotopic (exact) mass is 260 g/mol. The maximum absolute atomic E-state index is 11.7. The van der Waals surface area contributed by atoms with Gasteiger partial charge in [0.1, 0.15) is 0 Å². The lowest BCUT2D eigenvalue weighted by Crippen LogP contribution is -2.44. The third-order valence-corrected chi connectivity index (χ3v) is 5.93. The van der Waals surface area contributed by atoms with E-state index >= 15 is 0 Å². The van der Waals surface area contributed by atoms with Gasteiger partial charge >= 0.3 is 0 Å². The summed E-state index contributed by atoms with van der Waals surface area (Å²) in [7, 11) is -3.26. The Kier molecular flexibility index (Phi) is 4.78. The first kappa shape index (κ1) is 14.7. The highest BCUT2D eigenvalue weighted by Gasteiger charge is 2.39. The van der Waals surface area contributed by atoms with E-state index in [0.29, 0.717) is 0 Å². The molecule has 0 heterocycles. The van der Waals surface area contributed by atoms with Crippen LogP contribution in [0.5, 0.6) is 0 Å². The number of hydrogen-bond acceptors (Lipinski definition) is 3. The van der Waals surface area contributed by atoms with Crippen LogP contribution in [-0.4, -0.2) is 30.6 Å². The van der Waals surface area contributed by atoms with Crippen LogP contribution < -0.4 is 0 Å². The Morgan fingerprint density at radius 1 is 1.24 bits per heavy atom. The van der Waals surface area contributed by atoms with Gasteiger partial charge in [-0.1, -0.05) is 18.9 Å². The topological polar surface area (TPSA) is 54.4 Å². The first-order valence-corrected chi connectivity index (χ1v) is 8.22. The average Bonchev–Trinajstić information content (AvgIpc) is 2.14. The summed E-state index contributed by atoms with van der Waals surface area (Å²) in [6, 6.07) is 0. The highest BCUT2D eigenvalue weighted by molar-refractivity contribution is 7.92. The molecule has 0 bridgehead atoms. The Morgan fingerprint density at radius 3 is 2.41 bits per heavy atom. The fourth-order valence-electron chi connectivity index (χ4n) is 2.11. The van der Waals surface area contributed by atoms with Crippen LogP contribution in [0.2, 0.25) is 0 Å².